The smallest absolute Gasteiger partial charge is 0.262 e. The van der Waals surface area contributed by atoms with Crippen molar-refractivity contribution in [3.8, 4) is 0 Å². The molecule has 2 aromatic heterocycles. The average molecular weight is 277 g/mol. The lowest BCUT2D eigenvalue weighted by atomic mass is 10.1. The Balaban J connectivity index is 2.02. The maximum absolute atomic E-state index is 12.2. The molecule has 0 N–H and O–H groups in total. The van der Waals surface area contributed by atoms with Crippen LogP contribution in [0.2, 0.25) is 5.02 Å². The van der Waals surface area contributed by atoms with Crippen LogP contribution in [-0.2, 0) is 6.42 Å². The minimum Gasteiger partial charge on any atom is -0.269 e. The van der Waals surface area contributed by atoms with E-state index in [1.807, 2.05) is 29.6 Å². The van der Waals surface area contributed by atoms with Gasteiger partial charge in [0.05, 0.1) is 0 Å². The molecule has 0 saturated carbocycles. The summed E-state index contributed by atoms with van der Waals surface area (Å²) in [5.41, 5.74) is 1.73. The molecule has 0 amide bonds. The van der Waals surface area contributed by atoms with Crippen molar-refractivity contribution in [2.24, 2.45) is 0 Å². The maximum atomic E-state index is 12.2. The minimum atomic E-state index is -0.00352. The first kappa shape index (κ1) is 11.4. The van der Waals surface area contributed by atoms with E-state index in [0.717, 1.165) is 10.5 Å². The molecule has 90 valence electrons. The van der Waals surface area contributed by atoms with E-state index in [1.165, 1.54) is 11.3 Å². The predicted molar refractivity (Wildman–Crippen MR) is 73.6 cm³/mol. The third-order valence-corrected chi connectivity index (χ3v) is 3.74. The zero-order chi connectivity index (χ0) is 12.5. The monoisotopic (exact) mass is 276 g/mol. The lowest BCUT2D eigenvalue weighted by molar-refractivity contribution is 1.00. The van der Waals surface area contributed by atoms with Gasteiger partial charge in [0.1, 0.15) is 0 Å². The van der Waals surface area contributed by atoms with Crippen molar-refractivity contribution in [2.45, 2.75) is 6.42 Å². The van der Waals surface area contributed by atoms with Crippen LogP contribution in [0.25, 0.3) is 4.96 Å². The zero-order valence-corrected chi connectivity index (χ0v) is 10.9. The van der Waals surface area contributed by atoms with Crippen molar-refractivity contribution in [1.82, 2.24) is 9.38 Å². The Morgan fingerprint density at radius 2 is 2.06 bits per heavy atom. The highest BCUT2D eigenvalue weighted by atomic mass is 35.5. The number of halogens is 1. The molecule has 0 aliphatic carbocycles. The molecule has 18 heavy (non-hydrogen) atoms. The van der Waals surface area contributed by atoms with Gasteiger partial charge in [-0.25, -0.2) is 4.98 Å². The second-order valence-corrected chi connectivity index (χ2v) is 5.26. The zero-order valence-electron chi connectivity index (χ0n) is 9.34. The van der Waals surface area contributed by atoms with Gasteiger partial charge in [0.25, 0.3) is 5.56 Å². The second-order valence-electron chi connectivity index (χ2n) is 3.95. The van der Waals surface area contributed by atoms with Crippen LogP contribution in [0.5, 0.6) is 0 Å². The van der Waals surface area contributed by atoms with Crippen molar-refractivity contribution >= 4 is 27.9 Å². The topological polar surface area (TPSA) is 34.4 Å². The molecule has 0 aliphatic heterocycles. The summed E-state index contributed by atoms with van der Waals surface area (Å²) in [7, 11) is 0. The molecule has 0 atom stereocenters. The van der Waals surface area contributed by atoms with Crippen LogP contribution in [0.3, 0.4) is 0 Å². The first-order chi connectivity index (χ1) is 8.74. The normalized spacial score (nSPS) is 10.9. The van der Waals surface area contributed by atoms with Crippen LogP contribution in [0, 0.1) is 0 Å². The Hall–Kier alpha value is -1.65. The predicted octanol–water partition coefficient (Wildman–Crippen LogP) is 3.00. The van der Waals surface area contributed by atoms with E-state index in [9.17, 15) is 4.79 Å². The molecule has 3 aromatic rings. The number of rotatable bonds is 2. The molecule has 3 nitrogen and oxygen atoms in total. The molecular weight excluding hydrogens is 268 g/mol. The first-order valence-electron chi connectivity index (χ1n) is 5.42. The minimum absolute atomic E-state index is 0.00352. The Bertz CT molecular complexity index is 746. The molecule has 0 spiro atoms. The molecular formula is C13H9ClN2OS. The summed E-state index contributed by atoms with van der Waals surface area (Å²) in [6.45, 7) is 0. The molecule has 0 unspecified atom stereocenters. The molecule has 0 radical (unpaired) electrons. The summed E-state index contributed by atoms with van der Waals surface area (Å²) in [5.74, 6) is 0. The second kappa shape index (κ2) is 4.55. The van der Waals surface area contributed by atoms with Crippen molar-refractivity contribution in [1.29, 1.82) is 0 Å². The van der Waals surface area contributed by atoms with Gasteiger partial charge in [0.15, 0.2) is 4.96 Å². The van der Waals surface area contributed by atoms with Gasteiger partial charge in [0.2, 0.25) is 0 Å². The Morgan fingerprint density at radius 1 is 1.28 bits per heavy atom. The van der Waals surface area contributed by atoms with Gasteiger partial charge in [-0.3, -0.25) is 9.20 Å². The Labute approximate surface area is 112 Å². The average Bonchev–Trinajstić information content (AvgIpc) is 2.84. The van der Waals surface area contributed by atoms with Gasteiger partial charge in [-0.05, 0) is 17.7 Å². The Morgan fingerprint density at radius 3 is 2.83 bits per heavy atom. The summed E-state index contributed by atoms with van der Waals surface area (Å²) in [6.07, 6.45) is 3.98. The van der Waals surface area contributed by atoms with Crippen molar-refractivity contribution in [2.75, 3.05) is 0 Å². The third-order valence-electron chi connectivity index (χ3n) is 2.72. The molecule has 0 bridgehead atoms. The van der Waals surface area contributed by atoms with Gasteiger partial charge < -0.3 is 0 Å². The number of hydrogen-bond donors (Lipinski definition) is 0. The van der Waals surface area contributed by atoms with Gasteiger partial charge in [-0.2, -0.15) is 0 Å². The van der Waals surface area contributed by atoms with Gasteiger partial charge in [-0.1, -0.05) is 23.7 Å². The van der Waals surface area contributed by atoms with Crippen LogP contribution < -0.4 is 5.56 Å². The van der Waals surface area contributed by atoms with E-state index in [2.05, 4.69) is 4.98 Å². The number of hydrogen-bond acceptors (Lipinski definition) is 3. The van der Waals surface area contributed by atoms with Crippen LogP contribution >= 0.6 is 22.9 Å². The molecule has 5 heteroatoms. The van der Waals surface area contributed by atoms with Gasteiger partial charge >= 0.3 is 0 Å². The molecule has 3 rings (SSSR count). The maximum Gasteiger partial charge on any atom is 0.262 e. The van der Waals surface area contributed by atoms with Gasteiger partial charge in [0, 0.05) is 34.8 Å². The van der Waals surface area contributed by atoms with Crippen LogP contribution in [0.15, 0.2) is 46.8 Å². The first-order valence-corrected chi connectivity index (χ1v) is 6.68. The molecule has 1 aromatic carbocycles. The number of fused-ring (bicyclic) bond motifs is 1. The summed E-state index contributed by atoms with van der Waals surface area (Å²) in [6, 6.07) is 7.49. The number of benzene rings is 1. The van der Waals surface area contributed by atoms with Crippen molar-refractivity contribution in [3.05, 3.63) is 68.5 Å². The lowest BCUT2D eigenvalue weighted by Gasteiger charge is -2.01. The SMILES string of the molecule is O=c1c(Cc2ccc(Cl)cc2)cnc2sccn12. The van der Waals surface area contributed by atoms with E-state index in [0.29, 0.717) is 17.0 Å². The number of aromatic nitrogens is 2. The van der Waals surface area contributed by atoms with Crippen molar-refractivity contribution < 1.29 is 0 Å². The number of nitrogens with zero attached hydrogens (tertiary/aromatic N) is 2. The van der Waals surface area contributed by atoms with E-state index in [-0.39, 0.29) is 5.56 Å². The van der Waals surface area contributed by atoms with E-state index >= 15 is 0 Å². The summed E-state index contributed by atoms with van der Waals surface area (Å²) in [5, 5.41) is 2.55. The molecule has 0 saturated heterocycles. The van der Waals surface area contributed by atoms with E-state index in [1.54, 1.807) is 16.8 Å². The van der Waals surface area contributed by atoms with Crippen LogP contribution in [0.4, 0.5) is 0 Å². The fraction of sp³-hybridized carbons (Fsp3) is 0.0769. The molecule has 0 fully saturated rings. The molecule has 2 heterocycles. The van der Waals surface area contributed by atoms with Gasteiger partial charge in [-0.15, -0.1) is 11.3 Å². The highest BCUT2D eigenvalue weighted by molar-refractivity contribution is 7.15. The molecule has 0 aliphatic rings. The lowest BCUT2D eigenvalue weighted by Crippen LogP contribution is -2.17. The summed E-state index contributed by atoms with van der Waals surface area (Å²) in [4.78, 5) is 17.2. The fourth-order valence-corrected chi connectivity index (χ4v) is 2.61. The standard InChI is InChI=1S/C13H9ClN2OS/c14-11-3-1-9(2-4-11)7-10-8-15-13-16(12(10)17)5-6-18-13/h1-6,8H,7H2. The Kier molecular flexibility index (Phi) is 2.89. The third kappa shape index (κ3) is 2.05. The summed E-state index contributed by atoms with van der Waals surface area (Å²) < 4.78 is 1.58. The van der Waals surface area contributed by atoms with E-state index in [4.69, 9.17) is 11.6 Å². The highest BCUT2D eigenvalue weighted by Gasteiger charge is 2.06. The largest absolute Gasteiger partial charge is 0.269 e. The quantitative estimate of drug-likeness (QED) is 0.721. The van der Waals surface area contributed by atoms with E-state index < -0.39 is 0 Å². The number of thiazole rings is 1. The van der Waals surface area contributed by atoms with Crippen molar-refractivity contribution in [3.63, 3.8) is 0 Å². The highest BCUT2D eigenvalue weighted by Crippen LogP contribution is 2.12. The van der Waals surface area contributed by atoms with Crippen LogP contribution in [-0.4, -0.2) is 9.38 Å². The summed E-state index contributed by atoms with van der Waals surface area (Å²) >= 11 is 7.29. The fourth-order valence-electron chi connectivity index (χ4n) is 1.81. The van der Waals surface area contributed by atoms with Crippen LogP contribution in [0.1, 0.15) is 11.1 Å².